The molecule has 2 aromatic carbocycles. The van der Waals surface area contributed by atoms with E-state index < -0.39 is 0 Å². The summed E-state index contributed by atoms with van der Waals surface area (Å²) in [7, 11) is 1.64. The monoisotopic (exact) mass is 431 g/mol. The zero-order valence-corrected chi connectivity index (χ0v) is 18.6. The van der Waals surface area contributed by atoms with Crippen molar-refractivity contribution in [3.05, 3.63) is 112 Å². The molecule has 6 heteroatoms. The fraction of sp³-hybridized carbons (Fsp3) is 0.231. The number of nitrogens with zero attached hydrogens (tertiary/aromatic N) is 3. The van der Waals surface area contributed by atoms with Crippen LogP contribution in [0.2, 0.25) is 0 Å². The Morgan fingerprint density at radius 2 is 1.75 bits per heavy atom. The molecule has 0 spiro atoms. The van der Waals surface area contributed by atoms with Crippen LogP contribution in [0, 0.1) is 12.7 Å². The van der Waals surface area contributed by atoms with Gasteiger partial charge in [0.25, 0.3) is 5.56 Å². The Labute approximate surface area is 186 Å². The van der Waals surface area contributed by atoms with Gasteiger partial charge in [-0.3, -0.25) is 4.79 Å². The maximum Gasteiger partial charge on any atom is 0.254 e. The Balaban J connectivity index is 1.69. The molecule has 2 unspecified atom stereocenters. The van der Waals surface area contributed by atoms with Gasteiger partial charge in [-0.2, -0.15) is 0 Å². The van der Waals surface area contributed by atoms with E-state index in [1.165, 1.54) is 12.1 Å². The molecule has 164 valence electrons. The first-order valence-corrected chi connectivity index (χ1v) is 10.5. The van der Waals surface area contributed by atoms with Crippen LogP contribution in [0.4, 0.5) is 4.39 Å². The second kappa shape index (κ2) is 8.83. The van der Waals surface area contributed by atoms with Crippen LogP contribution in [0.5, 0.6) is 5.75 Å². The van der Waals surface area contributed by atoms with Crippen LogP contribution in [0.3, 0.4) is 0 Å². The van der Waals surface area contributed by atoms with Gasteiger partial charge in [-0.05, 0) is 55.3 Å². The zero-order chi connectivity index (χ0) is 22.8. The molecule has 0 amide bonds. The van der Waals surface area contributed by atoms with Gasteiger partial charge < -0.3 is 13.9 Å². The molecule has 0 aliphatic rings. The van der Waals surface area contributed by atoms with Gasteiger partial charge in [0.15, 0.2) is 0 Å². The molecule has 2 aromatic heterocycles. The van der Waals surface area contributed by atoms with Crippen molar-refractivity contribution in [3.63, 3.8) is 0 Å². The number of hydrogen-bond acceptors (Lipinski definition) is 3. The molecule has 0 saturated heterocycles. The second-order valence-corrected chi connectivity index (χ2v) is 7.98. The molecular weight excluding hydrogens is 405 g/mol. The zero-order valence-electron chi connectivity index (χ0n) is 18.6. The van der Waals surface area contributed by atoms with E-state index in [0.717, 1.165) is 22.5 Å². The van der Waals surface area contributed by atoms with E-state index in [0.29, 0.717) is 11.3 Å². The van der Waals surface area contributed by atoms with Crippen LogP contribution in [0.15, 0.2) is 78.1 Å². The highest BCUT2D eigenvalue weighted by Crippen LogP contribution is 2.30. The highest BCUT2D eigenvalue weighted by atomic mass is 19.1. The summed E-state index contributed by atoms with van der Waals surface area (Å²) < 4.78 is 22.6. The molecule has 0 saturated carbocycles. The molecule has 0 aliphatic carbocycles. The Kier molecular flexibility index (Phi) is 5.95. The molecule has 0 radical (unpaired) electrons. The summed E-state index contributed by atoms with van der Waals surface area (Å²) >= 11 is 0. The normalized spacial score (nSPS) is 13.0. The van der Waals surface area contributed by atoms with Crippen molar-refractivity contribution in [1.29, 1.82) is 0 Å². The molecule has 2 atom stereocenters. The number of aromatic nitrogens is 3. The first kappa shape index (κ1) is 21.6. The van der Waals surface area contributed by atoms with Crippen molar-refractivity contribution < 1.29 is 9.13 Å². The number of halogens is 1. The van der Waals surface area contributed by atoms with Crippen LogP contribution in [0.1, 0.15) is 48.2 Å². The van der Waals surface area contributed by atoms with Gasteiger partial charge in [-0.15, -0.1) is 0 Å². The lowest BCUT2D eigenvalue weighted by Gasteiger charge is -2.20. The molecule has 2 heterocycles. The predicted octanol–water partition coefficient (Wildman–Crippen LogP) is 5.25. The maximum absolute atomic E-state index is 13.4. The molecule has 0 N–H and O–H groups in total. The Morgan fingerprint density at radius 1 is 1.03 bits per heavy atom. The summed E-state index contributed by atoms with van der Waals surface area (Å²) in [6.45, 7) is 5.89. The number of ether oxygens (including phenoxy) is 1. The topological polar surface area (TPSA) is 49.0 Å². The molecule has 32 heavy (non-hydrogen) atoms. The SMILES string of the molecule is COc1cc(C(C)c2cccn(C(C)c3ccc(F)cc3)c2=O)ccc1-n1cnc(C)c1. The summed E-state index contributed by atoms with van der Waals surface area (Å²) in [4.78, 5) is 17.6. The molecule has 4 rings (SSSR count). The summed E-state index contributed by atoms with van der Waals surface area (Å²) in [5.74, 6) is 0.282. The fourth-order valence-electron chi connectivity index (χ4n) is 3.97. The number of rotatable bonds is 6. The Morgan fingerprint density at radius 3 is 2.41 bits per heavy atom. The standard InChI is InChI=1S/C26H26FN3O2/c1-17-15-29(16-28-17)24-12-9-21(14-25(24)32-4)18(2)23-6-5-13-30(26(23)31)19(3)20-7-10-22(27)11-8-20/h5-16,18-19H,1-4H3. The third-order valence-corrected chi connectivity index (χ3v) is 5.93. The van der Waals surface area contributed by atoms with Crippen molar-refractivity contribution in [1.82, 2.24) is 14.1 Å². The van der Waals surface area contributed by atoms with Crippen molar-refractivity contribution in [2.24, 2.45) is 0 Å². The van der Waals surface area contributed by atoms with E-state index in [1.807, 2.05) is 61.9 Å². The molecule has 0 fully saturated rings. The van der Waals surface area contributed by atoms with E-state index in [2.05, 4.69) is 4.98 Å². The van der Waals surface area contributed by atoms with E-state index in [-0.39, 0.29) is 23.3 Å². The number of hydrogen-bond donors (Lipinski definition) is 0. The lowest BCUT2D eigenvalue weighted by atomic mass is 9.93. The Hall–Kier alpha value is -3.67. The van der Waals surface area contributed by atoms with Crippen molar-refractivity contribution in [2.45, 2.75) is 32.7 Å². The fourth-order valence-corrected chi connectivity index (χ4v) is 3.97. The van der Waals surface area contributed by atoms with Crippen molar-refractivity contribution in [3.8, 4) is 11.4 Å². The molecular formula is C26H26FN3O2. The van der Waals surface area contributed by atoms with E-state index >= 15 is 0 Å². The summed E-state index contributed by atoms with van der Waals surface area (Å²) in [6.07, 6.45) is 5.47. The van der Waals surface area contributed by atoms with Crippen molar-refractivity contribution >= 4 is 0 Å². The minimum absolute atomic E-state index is 0.0647. The lowest BCUT2D eigenvalue weighted by Crippen LogP contribution is -2.27. The van der Waals surface area contributed by atoms with Gasteiger partial charge in [0.2, 0.25) is 0 Å². The number of aryl methyl sites for hydroxylation is 1. The Bertz CT molecular complexity index is 1290. The highest BCUT2D eigenvalue weighted by Gasteiger charge is 2.18. The third kappa shape index (κ3) is 4.08. The first-order valence-electron chi connectivity index (χ1n) is 10.5. The largest absolute Gasteiger partial charge is 0.495 e. The summed E-state index contributed by atoms with van der Waals surface area (Å²) in [5.41, 5.74) is 4.29. The average Bonchev–Trinajstić information content (AvgIpc) is 3.24. The van der Waals surface area contributed by atoms with Crippen molar-refractivity contribution in [2.75, 3.05) is 7.11 Å². The van der Waals surface area contributed by atoms with E-state index in [1.54, 1.807) is 36.3 Å². The number of imidazole rings is 1. The minimum atomic E-state index is -0.293. The van der Waals surface area contributed by atoms with Crippen LogP contribution in [0.25, 0.3) is 5.69 Å². The van der Waals surface area contributed by atoms with Gasteiger partial charge in [-0.1, -0.05) is 31.2 Å². The number of pyridine rings is 1. The average molecular weight is 432 g/mol. The molecule has 5 nitrogen and oxygen atoms in total. The van der Waals surface area contributed by atoms with Crippen LogP contribution in [-0.2, 0) is 0 Å². The first-order chi connectivity index (χ1) is 15.4. The minimum Gasteiger partial charge on any atom is -0.495 e. The van der Waals surface area contributed by atoms with E-state index in [4.69, 9.17) is 4.74 Å². The second-order valence-electron chi connectivity index (χ2n) is 7.98. The predicted molar refractivity (Wildman–Crippen MR) is 123 cm³/mol. The summed E-state index contributed by atoms with van der Waals surface area (Å²) in [6, 6.07) is 15.7. The lowest BCUT2D eigenvalue weighted by molar-refractivity contribution is 0.412. The molecule has 0 bridgehead atoms. The van der Waals surface area contributed by atoms with Gasteiger partial charge in [0.1, 0.15) is 11.6 Å². The van der Waals surface area contributed by atoms with E-state index in [9.17, 15) is 9.18 Å². The van der Waals surface area contributed by atoms with Gasteiger partial charge >= 0.3 is 0 Å². The highest BCUT2D eigenvalue weighted by molar-refractivity contribution is 5.51. The molecule has 4 aromatic rings. The van der Waals surface area contributed by atoms with Crippen LogP contribution < -0.4 is 10.3 Å². The summed E-state index contributed by atoms with van der Waals surface area (Å²) in [5, 5.41) is 0. The molecule has 0 aliphatic heterocycles. The maximum atomic E-state index is 13.4. The smallest absolute Gasteiger partial charge is 0.254 e. The number of benzene rings is 2. The van der Waals surface area contributed by atoms with Gasteiger partial charge in [0, 0.05) is 23.9 Å². The number of methoxy groups -OCH3 is 1. The van der Waals surface area contributed by atoms with Crippen LogP contribution in [-0.4, -0.2) is 21.2 Å². The van der Waals surface area contributed by atoms with Gasteiger partial charge in [-0.25, -0.2) is 9.37 Å². The quantitative estimate of drug-likeness (QED) is 0.419. The van der Waals surface area contributed by atoms with Gasteiger partial charge in [0.05, 0.1) is 30.9 Å². The van der Waals surface area contributed by atoms with Crippen LogP contribution >= 0.6 is 0 Å². The third-order valence-electron chi connectivity index (χ3n) is 5.93.